The summed E-state index contributed by atoms with van der Waals surface area (Å²) in [7, 11) is 3.06. The van der Waals surface area contributed by atoms with Crippen LogP contribution in [0.4, 0.5) is 5.69 Å². The SMILES string of the molecule is COc1ccc(OC)c(NC(=O)c2nc(SC)ncc2Cl)c1. The molecule has 0 aliphatic rings. The summed E-state index contributed by atoms with van der Waals surface area (Å²) in [6, 6.07) is 5.09. The number of carbonyl (C=O) groups is 1. The Kier molecular flexibility index (Phi) is 5.46. The number of ether oxygens (including phenoxy) is 2. The molecule has 6 nitrogen and oxygen atoms in total. The fourth-order valence-corrected chi connectivity index (χ4v) is 2.22. The molecule has 1 amide bonds. The lowest BCUT2D eigenvalue weighted by atomic mass is 10.2. The lowest BCUT2D eigenvalue weighted by molar-refractivity contribution is 0.102. The first-order valence-electron chi connectivity index (χ1n) is 6.19. The molecule has 0 bridgehead atoms. The summed E-state index contributed by atoms with van der Waals surface area (Å²) in [6.07, 6.45) is 3.22. The van der Waals surface area contributed by atoms with Crippen LogP contribution in [0.25, 0.3) is 0 Å². The van der Waals surface area contributed by atoms with Gasteiger partial charge in [0.1, 0.15) is 11.5 Å². The third-order valence-electron chi connectivity index (χ3n) is 2.77. The zero-order valence-electron chi connectivity index (χ0n) is 12.2. The van der Waals surface area contributed by atoms with Crippen molar-refractivity contribution in [3.05, 3.63) is 35.1 Å². The number of halogens is 1. The van der Waals surface area contributed by atoms with Crippen molar-refractivity contribution < 1.29 is 14.3 Å². The molecule has 0 aliphatic carbocycles. The number of nitrogens with zero attached hydrogens (tertiary/aromatic N) is 2. The van der Waals surface area contributed by atoms with Crippen LogP contribution in [-0.2, 0) is 0 Å². The highest BCUT2D eigenvalue weighted by atomic mass is 35.5. The van der Waals surface area contributed by atoms with Crippen LogP contribution in [0.1, 0.15) is 10.5 Å². The Morgan fingerprint density at radius 3 is 2.73 bits per heavy atom. The summed E-state index contributed by atoms with van der Waals surface area (Å²) in [4.78, 5) is 20.5. The highest BCUT2D eigenvalue weighted by molar-refractivity contribution is 7.98. The number of anilines is 1. The minimum absolute atomic E-state index is 0.103. The van der Waals surface area contributed by atoms with Crippen molar-refractivity contribution in [1.29, 1.82) is 0 Å². The van der Waals surface area contributed by atoms with Crippen molar-refractivity contribution in [3.8, 4) is 11.5 Å². The predicted molar refractivity (Wildman–Crippen MR) is 86.3 cm³/mol. The number of benzene rings is 1. The molecule has 0 unspecified atom stereocenters. The second-order valence-corrected chi connectivity index (χ2v) is 5.25. The molecular weight excluding hydrogens is 326 g/mol. The maximum atomic E-state index is 12.4. The van der Waals surface area contributed by atoms with Crippen LogP contribution in [0, 0.1) is 0 Å². The van der Waals surface area contributed by atoms with E-state index in [4.69, 9.17) is 21.1 Å². The molecule has 2 rings (SSSR count). The zero-order chi connectivity index (χ0) is 16.1. The van der Waals surface area contributed by atoms with E-state index in [0.29, 0.717) is 22.3 Å². The molecule has 1 N–H and O–H groups in total. The number of hydrogen-bond donors (Lipinski definition) is 1. The third kappa shape index (κ3) is 3.61. The number of nitrogens with one attached hydrogen (secondary N) is 1. The van der Waals surface area contributed by atoms with Gasteiger partial charge in [0.15, 0.2) is 10.9 Å². The minimum Gasteiger partial charge on any atom is -0.497 e. The number of amides is 1. The van der Waals surface area contributed by atoms with Gasteiger partial charge >= 0.3 is 0 Å². The summed E-state index contributed by atoms with van der Waals surface area (Å²) in [6.45, 7) is 0. The Morgan fingerprint density at radius 1 is 1.32 bits per heavy atom. The Morgan fingerprint density at radius 2 is 2.09 bits per heavy atom. The maximum Gasteiger partial charge on any atom is 0.276 e. The highest BCUT2D eigenvalue weighted by Crippen LogP contribution is 2.29. The standard InChI is InChI=1S/C14H14ClN3O3S/c1-20-8-4-5-11(21-2)10(6-8)17-13(19)12-9(15)7-16-14(18-12)22-3/h4-7H,1-3H3,(H,17,19). The van der Waals surface area contributed by atoms with Crippen molar-refractivity contribution in [2.45, 2.75) is 5.16 Å². The van der Waals surface area contributed by atoms with Crippen LogP contribution in [0.15, 0.2) is 29.6 Å². The summed E-state index contributed by atoms with van der Waals surface area (Å²) in [5.41, 5.74) is 0.568. The molecule has 0 saturated carbocycles. The van der Waals surface area contributed by atoms with E-state index in [1.807, 2.05) is 6.26 Å². The molecule has 8 heteroatoms. The zero-order valence-corrected chi connectivity index (χ0v) is 13.8. The molecule has 0 aliphatic heterocycles. The first-order valence-corrected chi connectivity index (χ1v) is 7.79. The van der Waals surface area contributed by atoms with E-state index in [2.05, 4.69) is 15.3 Å². The maximum absolute atomic E-state index is 12.4. The Bertz CT molecular complexity index is 697. The van der Waals surface area contributed by atoms with Crippen LogP contribution in [-0.4, -0.2) is 36.4 Å². The van der Waals surface area contributed by atoms with Gasteiger partial charge in [-0.1, -0.05) is 23.4 Å². The van der Waals surface area contributed by atoms with E-state index < -0.39 is 5.91 Å². The summed E-state index contributed by atoms with van der Waals surface area (Å²) >= 11 is 7.32. The van der Waals surface area contributed by atoms with E-state index in [1.165, 1.54) is 25.1 Å². The van der Waals surface area contributed by atoms with Crippen molar-refractivity contribution in [1.82, 2.24) is 9.97 Å². The summed E-state index contributed by atoms with van der Waals surface area (Å²) in [5.74, 6) is 0.647. The molecule has 1 aromatic heterocycles. The number of thioether (sulfide) groups is 1. The molecule has 2 aromatic rings. The highest BCUT2D eigenvalue weighted by Gasteiger charge is 2.16. The monoisotopic (exact) mass is 339 g/mol. The van der Waals surface area contributed by atoms with Gasteiger partial charge in [-0.25, -0.2) is 9.97 Å². The van der Waals surface area contributed by atoms with Gasteiger partial charge in [0.05, 0.1) is 31.1 Å². The first-order chi connectivity index (χ1) is 10.6. The minimum atomic E-state index is -0.450. The van der Waals surface area contributed by atoms with Gasteiger partial charge in [-0.3, -0.25) is 4.79 Å². The quantitative estimate of drug-likeness (QED) is 0.666. The molecule has 0 radical (unpaired) electrons. The van der Waals surface area contributed by atoms with Crippen LogP contribution in [0.3, 0.4) is 0 Å². The molecule has 0 atom stereocenters. The fourth-order valence-electron chi connectivity index (χ4n) is 1.70. The number of carbonyl (C=O) groups excluding carboxylic acids is 1. The van der Waals surface area contributed by atoms with E-state index in [0.717, 1.165) is 0 Å². The Hall–Kier alpha value is -1.99. The van der Waals surface area contributed by atoms with Gasteiger partial charge in [0, 0.05) is 6.07 Å². The lowest BCUT2D eigenvalue weighted by Crippen LogP contribution is -2.15. The fraction of sp³-hybridized carbons (Fsp3) is 0.214. The number of methoxy groups -OCH3 is 2. The van der Waals surface area contributed by atoms with E-state index in [1.54, 1.807) is 25.3 Å². The van der Waals surface area contributed by atoms with Gasteiger partial charge in [-0.05, 0) is 18.4 Å². The molecule has 116 valence electrons. The van der Waals surface area contributed by atoms with Crippen LogP contribution < -0.4 is 14.8 Å². The normalized spacial score (nSPS) is 10.2. The van der Waals surface area contributed by atoms with Crippen molar-refractivity contribution >= 4 is 35.0 Å². The van der Waals surface area contributed by atoms with Crippen LogP contribution in [0.2, 0.25) is 5.02 Å². The second kappa shape index (κ2) is 7.33. The van der Waals surface area contributed by atoms with Gasteiger partial charge in [-0.15, -0.1) is 0 Å². The topological polar surface area (TPSA) is 73.3 Å². The van der Waals surface area contributed by atoms with Crippen molar-refractivity contribution in [2.24, 2.45) is 0 Å². The Labute approximate surface area is 137 Å². The molecule has 0 spiro atoms. The number of hydrogen-bond acceptors (Lipinski definition) is 6. The molecule has 1 heterocycles. The van der Waals surface area contributed by atoms with Crippen LogP contribution >= 0.6 is 23.4 Å². The molecule has 22 heavy (non-hydrogen) atoms. The number of aromatic nitrogens is 2. The summed E-state index contributed by atoms with van der Waals surface area (Å²) < 4.78 is 10.4. The average Bonchev–Trinajstić information content (AvgIpc) is 2.55. The van der Waals surface area contributed by atoms with Gasteiger partial charge < -0.3 is 14.8 Å². The molecule has 0 fully saturated rings. The summed E-state index contributed by atoms with van der Waals surface area (Å²) in [5, 5.41) is 3.36. The molecule has 1 aromatic carbocycles. The van der Waals surface area contributed by atoms with Gasteiger partial charge in [-0.2, -0.15) is 0 Å². The molecular formula is C14H14ClN3O3S. The van der Waals surface area contributed by atoms with Crippen molar-refractivity contribution in [2.75, 3.05) is 25.8 Å². The van der Waals surface area contributed by atoms with E-state index in [-0.39, 0.29) is 10.7 Å². The first kappa shape index (κ1) is 16.4. The van der Waals surface area contributed by atoms with Gasteiger partial charge in [0.2, 0.25) is 0 Å². The van der Waals surface area contributed by atoms with Gasteiger partial charge in [0.25, 0.3) is 5.91 Å². The third-order valence-corrected chi connectivity index (χ3v) is 3.61. The number of rotatable bonds is 5. The van der Waals surface area contributed by atoms with E-state index in [9.17, 15) is 4.79 Å². The van der Waals surface area contributed by atoms with Crippen molar-refractivity contribution in [3.63, 3.8) is 0 Å². The molecule has 0 saturated heterocycles. The average molecular weight is 340 g/mol. The second-order valence-electron chi connectivity index (χ2n) is 4.07. The largest absolute Gasteiger partial charge is 0.497 e. The van der Waals surface area contributed by atoms with Crippen LogP contribution in [0.5, 0.6) is 11.5 Å². The smallest absolute Gasteiger partial charge is 0.276 e. The predicted octanol–water partition coefficient (Wildman–Crippen LogP) is 3.12. The lowest BCUT2D eigenvalue weighted by Gasteiger charge is -2.12. The van der Waals surface area contributed by atoms with E-state index >= 15 is 0 Å². The Balaban J connectivity index is 2.32.